The maximum atomic E-state index is 12.6. The fraction of sp³-hybridized carbons (Fsp3) is 0.600. The molecule has 1 aromatic rings. The van der Waals surface area contributed by atoms with Crippen LogP contribution in [0.1, 0.15) is 39.5 Å². The molecule has 148 valence electrons. The van der Waals surface area contributed by atoms with E-state index in [0.717, 1.165) is 19.1 Å². The van der Waals surface area contributed by atoms with Crippen LogP contribution in [0.3, 0.4) is 0 Å². The summed E-state index contributed by atoms with van der Waals surface area (Å²) in [6, 6.07) is 6.33. The minimum atomic E-state index is -3.26. The van der Waals surface area contributed by atoms with Gasteiger partial charge in [0.1, 0.15) is 0 Å². The van der Waals surface area contributed by atoms with Crippen molar-refractivity contribution in [1.82, 2.24) is 4.90 Å². The molecule has 1 saturated heterocycles. The molecule has 2 aliphatic rings. The van der Waals surface area contributed by atoms with Crippen LogP contribution in [0.25, 0.3) is 0 Å². The molecule has 1 N–H and O–H groups in total. The second-order valence-electron chi connectivity index (χ2n) is 8.07. The summed E-state index contributed by atoms with van der Waals surface area (Å²) in [6.45, 7) is 4.91. The van der Waals surface area contributed by atoms with Crippen LogP contribution in [0.15, 0.2) is 29.2 Å². The Morgan fingerprint density at radius 2 is 1.81 bits per heavy atom. The van der Waals surface area contributed by atoms with Gasteiger partial charge < -0.3 is 10.2 Å². The quantitative estimate of drug-likeness (QED) is 0.854. The number of nitrogens with zero attached hydrogens (tertiary/aromatic N) is 1. The standard InChI is InChI=1S/C20H28N2O4S/c1-13-5-4-6-18(14(13)2)22-12-15(11-19(22)23)20(24)21-16-7-9-17(10-8-16)27(3,25)26/h7-10,13-15,18H,4-6,11-12H2,1-3H3,(H,21,24)/t13-,14+,15+,18-/m0/s1. The van der Waals surface area contributed by atoms with E-state index in [0.29, 0.717) is 24.1 Å². The molecule has 27 heavy (non-hydrogen) atoms. The van der Waals surface area contributed by atoms with Crippen molar-refractivity contribution in [1.29, 1.82) is 0 Å². The molecular weight excluding hydrogens is 364 g/mol. The van der Waals surface area contributed by atoms with Gasteiger partial charge in [0.15, 0.2) is 9.84 Å². The second kappa shape index (κ2) is 7.62. The SMILES string of the molecule is C[C@@H]1[C@@H](C)CCC[C@@H]1N1C[C@H](C(=O)Nc2ccc(S(C)(=O)=O)cc2)CC1=O. The number of hydrogen-bond donors (Lipinski definition) is 1. The summed E-state index contributed by atoms with van der Waals surface area (Å²) in [7, 11) is -3.26. The third-order valence-corrected chi connectivity index (χ3v) is 7.27. The van der Waals surface area contributed by atoms with Crippen LogP contribution >= 0.6 is 0 Å². The van der Waals surface area contributed by atoms with Crippen molar-refractivity contribution in [3.63, 3.8) is 0 Å². The van der Waals surface area contributed by atoms with Crippen LogP contribution in [0.2, 0.25) is 0 Å². The molecule has 0 bridgehead atoms. The number of nitrogens with one attached hydrogen (secondary N) is 1. The fourth-order valence-electron chi connectivity index (χ4n) is 4.25. The van der Waals surface area contributed by atoms with Crippen LogP contribution in [0.4, 0.5) is 5.69 Å². The van der Waals surface area contributed by atoms with Gasteiger partial charge >= 0.3 is 0 Å². The first-order valence-corrected chi connectivity index (χ1v) is 11.5. The Balaban J connectivity index is 1.64. The topological polar surface area (TPSA) is 83.6 Å². The summed E-state index contributed by atoms with van der Waals surface area (Å²) in [5, 5.41) is 2.81. The Morgan fingerprint density at radius 1 is 1.15 bits per heavy atom. The fourth-order valence-corrected chi connectivity index (χ4v) is 4.88. The first-order valence-electron chi connectivity index (χ1n) is 9.57. The number of carbonyl (C=O) groups excluding carboxylic acids is 2. The molecule has 1 aromatic carbocycles. The highest BCUT2D eigenvalue weighted by Gasteiger charge is 2.41. The van der Waals surface area contributed by atoms with E-state index in [9.17, 15) is 18.0 Å². The van der Waals surface area contributed by atoms with E-state index in [-0.39, 0.29) is 35.1 Å². The van der Waals surface area contributed by atoms with Gasteiger partial charge in [-0.05, 0) is 42.5 Å². The van der Waals surface area contributed by atoms with Gasteiger partial charge in [0, 0.05) is 31.0 Å². The molecule has 7 heteroatoms. The lowest BCUT2D eigenvalue weighted by molar-refractivity contribution is -0.131. The summed E-state index contributed by atoms with van der Waals surface area (Å²) in [5.41, 5.74) is 0.540. The molecule has 2 amide bonds. The Hall–Kier alpha value is -1.89. The van der Waals surface area contributed by atoms with E-state index in [1.807, 2.05) is 4.90 Å². The third kappa shape index (κ3) is 4.34. The number of rotatable bonds is 4. The number of carbonyl (C=O) groups is 2. The van der Waals surface area contributed by atoms with Crippen LogP contribution in [0.5, 0.6) is 0 Å². The zero-order valence-electron chi connectivity index (χ0n) is 16.1. The van der Waals surface area contributed by atoms with Gasteiger partial charge in [-0.25, -0.2) is 8.42 Å². The highest BCUT2D eigenvalue weighted by atomic mass is 32.2. The van der Waals surface area contributed by atoms with E-state index < -0.39 is 9.84 Å². The Labute approximate surface area is 161 Å². The van der Waals surface area contributed by atoms with Gasteiger partial charge in [-0.1, -0.05) is 26.7 Å². The largest absolute Gasteiger partial charge is 0.339 e. The minimum absolute atomic E-state index is 0.0634. The van der Waals surface area contributed by atoms with Crippen molar-refractivity contribution >= 4 is 27.3 Å². The third-order valence-electron chi connectivity index (χ3n) is 6.14. The molecule has 1 heterocycles. The van der Waals surface area contributed by atoms with Gasteiger partial charge in [0.25, 0.3) is 0 Å². The Bertz CT molecular complexity index is 819. The molecule has 0 aromatic heterocycles. The molecule has 2 fully saturated rings. The summed E-state index contributed by atoms with van der Waals surface area (Å²) < 4.78 is 23.0. The van der Waals surface area contributed by atoms with Crippen molar-refractivity contribution in [2.45, 2.75) is 50.5 Å². The molecule has 3 rings (SSSR count). The molecular formula is C20H28N2O4S. The van der Waals surface area contributed by atoms with Gasteiger partial charge in [-0.2, -0.15) is 0 Å². The van der Waals surface area contributed by atoms with Gasteiger partial charge in [-0.15, -0.1) is 0 Å². The van der Waals surface area contributed by atoms with Gasteiger partial charge in [-0.3, -0.25) is 9.59 Å². The first-order chi connectivity index (χ1) is 12.7. The predicted molar refractivity (Wildman–Crippen MR) is 104 cm³/mol. The van der Waals surface area contributed by atoms with Gasteiger partial charge in [0.2, 0.25) is 11.8 Å². The average molecular weight is 393 g/mol. The van der Waals surface area contributed by atoms with Crippen LogP contribution < -0.4 is 5.32 Å². The summed E-state index contributed by atoms with van der Waals surface area (Å²) in [4.78, 5) is 27.3. The average Bonchev–Trinajstić information content (AvgIpc) is 2.99. The predicted octanol–water partition coefficient (Wildman–Crippen LogP) is 2.70. The van der Waals surface area contributed by atoms with Crippen LogP contribution in [-0.2, 0) is 19.4 Å². The second-order valence-corrected chi connectivity index (χ2v) is 10.1. The minimum Gasteiger partial charge on any atom is -0.339 e. The highest BCUT2D eigenvalue weighted by Crippen LogP contribution is 2.36. The van der Waals surface area contributed by atoms with Crippen molar-refractivity contribution in [2.75, 3.05) is 18.1 Å². The lowest BCUT2D eigenvalue weighted by atomic mass is 9.77. The molecule has 0 radical (unpaired) electrons. The maximum absolute atomic E-state index is 12.6. The van der Waals surface area contributed by atoms with E-state index in [1.54, 1.807) is 12.1 Å². The first kappa shape index (κ1) is 19.9. The smallest absolute Gasteiger partial charge is 0.229 e. The Kier molecular flexibility index (Phi) is 5.60. The van der Waals surface area contributed by atoms with Crippen molar-refractivity contribution in [3.05, 3.63) is 24.3 Å². The van der Waals surface area contributed by atoms with Crippen molar-refractivity contribution in [2.24, 2.45) is 17.8 Å². The van der Waals surface area contributed by atoms with E-state index in [4.69, 9.17) is 0 Å². The van der Waals surface area contributed by atoms with E-state index in [1.165, 1.54) is 18.6 Å². The number of benzene rings is 1. The van der Waals surface area contributed by atoms with E-state index in [2.05, 4.69) is 19.2 Å². The maximum Gasteiger partial charge on any atom is 0.229 e. The summed E-state index contributed by atoms with van der Waals surface area (Å²) in [6.07, 6.45) is 4.73. The lowest BCUT2D eigenvalue weighted by Crippen LogP contribution is -2.45. The molecule has 1 saturated carbocycles. The summed E-state index contributed by atoms with van der Waals surface area (Å²) in [5.74, 6) is 0.561. The molecule has 0 spiro atoms. The zero-order chi connectivity index (χ0) is 19.8. The molecule has 0 unspecified atom stereocenters. The van der Waals surface area contributed by atoms with E-state index >= 15 is 0 Å². The molecule has 4 atom stereocenters. The molecule has 1 aliphatic heterocycles. The van der Waals surface area contributed by atoms with Crippen molar-refractivity contribution in [3.8, 4) is 0 Å². The monoisotopic (exact) mass is 392 g/mol. The Morgan fingerprint density at radius 3 is 2.44 bits per heavy atom. The number of hydrogen-bond acceptors (Lipinski definition) is 4. The van der Waals surface area contributed by atoms with Crippen LogP contribution in [-0.4, -0.2) is 44.0 Å². The van der Waals surface area contributed by atoms with Crippen LogP contribution in [0, 0.1) is 17.8 Å². The van der Waals surface area contributed by atoms with Crippen molar-refractivity contribution < 1.29 is 18.0 Å². The summed E-state index contributed by atoms with van der Waals surface area (Å²) >= 11 is 0. The van der Waals surface area contributed by atoms with Gasteiger partial charge in [0.05, 0.1) is 10.8 Å². The normalized spacial score (nSPS) is 29.0. The number of amides is 2. The number of anilines is 1. The number of sulfone groups is 1. The molecule has 6 nitrogen and oxygen atoms in total. The highest BCUT2D eigenvalue weighted by molar-refractivity contribution is 7.90. The number of likely N-dealkylation sites (tertiary alicyclic amines) is 1. The zero-order valence-corrected chi connectivity index (χ0v) is 17.0. The lowest BCUT2D eigenvalue weighted by Gasteiger charge is -2.40. The molecule has 1 aliphatic carbocycles.